The molecule has 0 aromatic heterocycles. The molecular formula is C16H34N2O. The Morgan fingerprint density at radius 2 is 2.00 bits per heavy atom. The summed E-state index contributed by atoms with van der Waals surface area (Å²) in [6, 6.07) is 0.690. The van der Waals surface area contributed by atoms with E-state index in [2.05, 4.69) is 31.0 Å². The first kappa shape index (κ1) is 16.9. The van der Waals surface area contributed by atoms with E-state index in [1.165, 1.54) is 32.1 Å². The number of hydrogen-bond acceptors (Lipinski definition) is 3. The van der Waals surface area contributed by atoms with Crippen LogP contribution < -0.4 is 5.32 Å². The summed E-state index contributed by atoms with van der Waals surface area (Å²) in [5, 5.41) is 12.9. The van der Waals surface area contributed by atoms with Crippen molar-refractivity contribution in [3.63, 3.8) is 0 Å². The van der Waals surface area contributed by atoms with Gasteiger partial charge in [0.1, 0.15) is 0 Å². The van der Waals surface area contributed by atoms with Gasteiger partial charge in [-0.2, -0.15) is 0 Å². The fourth-order valence-electron chi connectivity index (χ4n) is 3.38. The second-order valence-corrected chi connectivity index (χ2v) is 6.02. The third kappa shape index (κ3) is 5.80. The summed E-state index contributed by atoms with van der Waals surface area (Å²) in [7, 11) is 0. The minimum atomic E-state index is 0.283. The number of likely N-dealkylation sites (N-methyl/N-ethyl adjacent to an activating group) is 1. The second-order valence-electron chi connectivity index (χ2n) is 6.02. The molecule has 114 valence electrons. The van der Waals surface area contributed by atoms with E-state index in [-0.39, 0.29) is 6.61 Å². The van der Waals surface area contributed by atoms with Crippen molar-refractivity contribution in [3.05, 3.63) is 0 Å². The minimum absolute atomic E-state index is 0.283. The molecule has 3 unspecified atom stereocenters. The Bertz CT molecular complexity index is 223. The van der Waals surface area contributed by atoms with Gasteiger partial charge in [0.25, 0.3) is 0 Å². The zero-order chi connectivity index (χ0) is 14.1. The molecule has 3 atom stereocenters. The van der Waals surface area contributed by atoms with Crippen molar-refractivity contribution in [2.45, 2.75) is 58.9 Å². The van der Waals surface area contributed by atoms with Crippen LogP contribution in [-0.2, 0) is 0 Å². The molecule has 0 amide bonds. The number of nitrogens with one attached hydrogen (secondary N) is 1. The molecule has 19 heavy (non-hydrogen) atoms. The highest BCUT2D eigenvalue weighted by Gasteiger charge is 2.30. The van der Waals surface area contributed by atoms with E-state index in [0.29, 0.717) is 6.04 Å². The van der Waals surface area contributed by atoms with Gasteiger partial charge in [0.15, 0.2) is 0 Å². The Hall–Kier alpha value is -0.120. The first-order valence-corrected chi connectivity index (χ1v) is 8.31. The molecule has 2 N–H and O–H groups in total. The van der Waals surface area contributed by atoms with Gasteiger partial charge in [0.05, 0.1) is 6.61 Å². The van der Waals surface area contributed by atoms with Gasteiger partial charge in [0, 0.05) is 19.1 Å². The normalized spacial score (nSPS) is 27.9. The first-order chi connectivity index (χ1) is 9.24. The lowest BCUT2D eigenvalue weighted by molar-refractivity contribution is 0.124. The summed E-state index contributed by atoms with van der Waals surface area (Å²) in [4.78, 5) is 2.41. The van der Waals surface area contributed by atoms with Crippen LogP contribution in [0.2, 0.25) is 0 Å². The smallest absolute Gasteiger partial charge is 0.0558 e. The van der Waals surface area contributed by atoms with Crippen LogP contribution in [0.4, 0.5) is 0 Å². The van der Waals surface area contributed by atoms with Crippen LogP contribution in [0.3, 0.4) is 0 Å². The van der Waals surface area contributed by atoms with E-state index in [1.807, 2.05) is 0 Å². The summed E-state index contributed by atoms with van der Waals surface area (Å²) in [6.45, 7) is 11.2. The highest BCUT2D eigenvalue weighted by molar-refractivity contribution is 4.86. The predicted molar refractivity (Wildman–Crippen MR) is 82.4 cm³/mol. The van der Waals surface area contributed by atoms with Crippen molar-refractivity contribution in [2.24, 2.45) is 11.8 Å². The van der Waals surface area contributed by atoms with Crippen LogP contribution in [0, 0.1) is 11.8 Å². The average molecular weight is 270 g/mol. The van der Waals surface area contributed by atoms with Crippen LogP contribution in [-0.4, -0.2) is 48.8 Å². The van der Waals surface area contributed by atoms with Crippen molar-refractivity contribution >= 4 is 0 Å². The lowest BCUT2D eigenvalue weighted by Gasteiger charge is -2.39. The molecule has 0 spiro atoms. The molecular weight excluding hydrogens is 236 g/mol. The van der Waals surface area contributed by atoms with Crippen molar-refractivity contribution in [1.29, 1.82) is 0 Å². The largest absolute Gasteiger partial charge is 0.395 e. The summed E-state index contributed by atoms with van der Waals surface area (Å²) in [6.07, 6.45) is 6.62. The maximum absolute atomic E-state index is 9.15. The molecule has 0 bridgehead atoms. The third-order valence-corrected chi connectivity index (χ3v) is 4.68. The molecule has 0 saturated heterocycles. The maximum Gasteiger partial charge on any atom is 0.0558 e. The van der Waals surface area contributed by atoms with Gasteiger partial charge in [0.2, 0.25) is 0 Å². The van der Waals surface area contributed by atoms with Gasteiger partial charge in [-0.15, -0.1) is 0 Å². The Balaban J connectivity index is 2.53. The first-order valence-electron chi connectivity index (χ1n) is 8.31. The summed E-state index contributed by atoms with van der Waals surface area (Å²) >= 11 is 0. The van der Waals surface area contributed by atoms with E-state index in [0.717, 1.165) is 38.0 Å². The van der Waals surface area contributed by atoms with Gasteiger partial charge in [-0.1, -0.05) is 27.2 Å². The Morgan fingerprint density at radius 3 is 2.58 bits per heavy atom. The van der Waals surface area contributed by atoms with Gasteiger partial charge in [-0.3, -0.25) is 0 Å². The zero-order valence-electron chi connectivity index (χ0n) is 13.2. The molecule has 3 nitrogen and oxygen atoms in total. The summed E-state index contributed by atoms with van der Waals surface area (Å²) in [5.41, 5.74) is 0. The number of aliphatic hydroxyl groups excluding tert-OH is 1. The second kappa shape index (κ2) is 9.73. The van der Waals surface area contributed by atoms with Crippen LogP contribution in [0.15, 0.2) is 0 Å². The van der Waals surface area contributed by atoms with E-state index < -0.39 is 0 Å². The van der Waals surface area contributed by atoms with E-state index >= 15 is 0 Å². The van der Waals surface area contributed by atoms with Crippen molar-refractivity contribution < 1.29 is 5.11 Å². The van der Waals surface area contributed by atoms with Crippen LogP contribution in [0.5, 0.6) is 0 Å². The molecule has 0 aromatic rings. The van der Waals surface area contributed by atoms with E-state index in [1.54, 1.807) is 0 Å². The van der Waals surface area contributed by atoms with Gasteiger partial charge >= 0.3 is 0 Å². The van der Waals surface area contributed by atoms with Crippen LogP contribution in [0.25, 0.3) is 0 Å². The monoisotopic (exact) mass is 270 g/mol. The SMILES string of the molecule is CCCNC1CCC(CC)CC1CN(CC)CCO. The van der Waals surface area contributed by atoms with Gasteiger partial charge in [-0.05, 0) is 50.6 Å². The Kier molecular flexibility index (Phi) is 8.67. The molecule has 1 fully saturated rings. The third-order valence-electron chi connectivity index (χ3n) is 4.68. The molecule has 1 aliphatic carbocycles. The average Bonchev–Trinajstić information content (AvgIpc) is 2.45. The quantitative estimate of drug-likeness (QED) is 0.676. The Morgan fingerprint density at radius 1 is 1.21 bits per heavy atom. The standard InChI is InChI=1S/C16H34N2O/c1-4-9-17-16-8-7-14(5-2)12-15(16)13-18(6-3)10-11-19/h14-17,19H,4-13H2,1-3H3. The molecule has 3 heteroatoms. The lowest BCUT2D eigenvalue weighted by atomic mass is 9.76. The number of hydrogen-bond donors (Lipinski definition) is 2. The number of nitrogens with zero attached hydrogens (tertiary/aromatic N) is 1. The molecule has 0 heterocycles. The molecule has 0 radical (unpaired) electrons. The van der Waals surface area contributed by atoms with E-state index in [4.69, 9.17) is 5.11 Å². The minimum Gasteiger partial charge on any atom is -0.395 e. The highest BCUT2D eigenvalue weighted by atomic mass is 16.3. The van der Waals surface area contributed by atoms with E-state index in [9.17, 15) is 0 Å². The molecule has 0 aromatic carbocycles. The highest BCUT2D eigenvalue weighted by Crippen LogP contribution is 2.32. The Labute approximate surface area is 119 Å². The molecule has 1 rings (SSSR count). The number of aliphatic hydroxyl groups is 1. The van der Waals surface area contributed by atoms with Gasteiger partial charge in [-0.25, -0.2) is 0 Å². The maximum atomic E-state index is 9.15. The fourth-order valence-corrected chi connectivity index (χ4v) is 3.38. The van der Waals surface area contributed by atoms with Gasteiger partial charge < -0.3 is 15.3 Å². The predicted octanol–water partition coefficient (Wildman–Crippen LogP) is 2.50. The molecule has 1 aliphatic rings. The lowest BCUT2D eigenvalue weighted by Crippen LogP contribution is -2.46. The van der Waals surface area contributed by atoms with Crippen molar-refractivity contribution in [2.75, 3.05) is 32.8 Å². The molecule has 1 saturated carbocycles. The summed E-state index contributed by atoms with van der Waals surface area (Å²) in [5.74, 6) is 1.68. The van der Waals surface area contributed by atoms with Crippen molar-refractivity contribution in [3.8, 4) is 0 Å². The fraction of sp³-hybridized carbons (Fsp3) is 1.00. The van der Waals surface area contributed by atoms with Crippen molar-refractivity contribution in [1.82, 2.24) is 10.2 Å². The van der Waals surface area contributed by atoms with Crippen LogP contribution in [0.1, 0.15) is 52.9 Å². The van der Waals surface area contributed by atoms with Crippen LogP contribution >= 0.6 is 0 Å². The molecule has 0 aliphatic heterocycles. The number of rotatable bonds is 9. The summed E-state index contributed by atoms with van der Waals surface area (Å²) < 4.78 is 0. The zero-order valence-corrected chi connectivity index (χ0v) is 13.2. The topological polar surface area (TPSA) is 35.5 Å².